The van der Waals surface area contributed by atoms with Crippen LogP contribution in [0.1, 0.15) is 46.0 Å². The minimum atomic E-state index is -1.12. The second-order valence-corrected chi connectivity index (χ2v) is 5.02. The van der Waals surface area contributed by atoms with E-state index in [0.29, 0.717) is 12.8 Å². The molecule has 1 saturated carbocycles. The molecule has 0 aliphatic heterocycles. The average Bonchev–Trinajstić information content (AvgIpc) is 2.25. The SMILES string of the molecule is CC1(C)CCCC(C#N)(C(=O)O)CC1. The topological polar surface area (TPSA) is 61.1 Å². The number of rotatable bonds is 1. The third kappa shape index (κ3) is 2.06. The van der Waals surface area contributed by atoms with Crippen LogP contribution >= 0.6 is 0 Å². The summed E-state index contributed by atoms with van der Waals surface area (Å²) < 4.78 is 0. The van der Waals surface area contributed by atoms with Gasteiger partial charge in [0.2, 0.25) is 0 Å². The van der Waals surface area contributed by atoms with Crippen molar-refractivity contribution < 1.29 is 9.90 Å². The molecule has 0 amide bonds. The maximum Gasteiger partial charge on any atom is 0.324 e. The van der Waals surface area contributed by atoms with Crippen LogP contribution < -0.4 is 0 Å². The molecule has 1 atom stereocenters. The molecule has 1 aliphatic rings. The van der Waals surface area contributed by atoms with Crippen LogP contribution in [0.3, 0.4) is 0 Å². The Kier molecular flexibility index (Phi) is 2.84. The van der Waals surface area contributed by atoms with Crippen molar-refractivity contribution in [2.45, 2.75) is 46.0 Å². The molecule has 3 nitrogen and oxygen atoms in total. The summed E-state index contributed by atoms with van der Waals surface area (Å²) in [4.78, 5) is 11.0. The lowest BCUT2D eigenvalue weighted by Crippen LogP contribution is -2.28. The van der Waals surface area contributed by atoms with Crippen molar-refractivity contribution >= 4 is 5.97 Å². The van der Waals surface area contributed by atoms with Gasteiger partial charge in [0.05, 0.1) is 6.07 Å². The van der Waals surface area contributed by atoms with Crippen LogP contribution in [-0.2, 0) is 4.79 Å². The Morgan fingerprint density at radius 3 is 2.43 bits per heavy atom. The molecule has 0 heterocycles. The van der Waals surface area contributed by atoms with Crippen molar-refractivity contribution in [2.24, 2.45) is 10.8 Å². The summed E-state index contributed by atoms with van der Waals surface area (Å²) >= 11 is 0. The molecule has 3 heteroatoms. The minimum absolute atomic E-state index is 0.189. The molecule has 1 rings (SSSR count). The lowest BCUT2D eigenvalue weighted by Gasteiger charge is -2.23. The summed E-state index contributed by atoms with van der Waals surface area (Å²) in [5.74, 6) is -0.947. The molecule has 1 unspecified atom stereocenters. The Bertz CT molecular complexity index is 278. The Balaban J connectivity index is 2.84. The first-order valence-electron chi connectivity index (χ1n) is 5.07. The smallest absolute Gasteiger partial charge is 0.324 e. The highest BCUT2D eigenvalue weighted by Gasteiger charge is 2.42. The summed E-state index contributed by atoms with van der Waals surface area (Å²) in [5, 5.41) is 18.0. The van der Waals surface area contributed by atoms with E-state index >= 15 is 0 Å². The standard InChI is InChI=1S/C11H17NO2/c1-10(2)4-3-5-11(8-12,7-6-10)9(13)14/h3-7H2,1-2H3,(H,13,14). The Morgan fingerprint density at radius 1 is 1.29 bits per heavy atom. The molecule has 1 fully saturated rings. The van der Waals surface area contributed by atoms with Gasteiger partial charge in [-0.15, -0.1) is 0 Å². The summed E-state index contributed by atoms with van der Waals surface area (Å²) in [7, 11) is 0. The predicted octanol–water partition coefficient (Wildman–Crippen LogP) is 2.57. The lowest BCUT2D eigenvalue weighted by molar-refractivity contribution is -0.146. The first-order valence-corrected chi connectivity index (χ1v) is 5.07. The van der Waals surface area contributed by atoms with Gasteiger partial charge in [-0.2, -0.15) is 5.26 Å². The van der Waals surface area contributed by atoms with E-state index in [1.807, 2.05) is 6.07 Å². The van der Waals surface area contributed by atoms with Gasteiger partial charge in [0.1, 0.15) is 0 Å². The molecule has 14 heavy (non-hydrogen) atoms. The molecule has 1 N–H and O–H groups in total. The predicted molar refractivity (Wildman–Crippen MR) is 52.5 cm³/mol. The van der Waals surface area contributed by atoms with E-state index in [-0.39, 0.29) is 5.41 Å². The van der Waals surface area contributed by atoms with Crippen LogP contribution in [0.15, 0.2) is 0 Å². The zero-order valence-electron chi connectivity index (χ0n) is 8.84. The fourth-order valence-electron chi connectivity index (χ4n) is 2.04. The van der Waals surface area contributed by atoms with Crippen molar-refractivity contribution in [3.63, 3.8) is 0 Å². The molecule has 78 valence electrons. The van der Waals surface area contributed by atoms with Crippen molar-refractivity contribution in [1.29, 1.82) is 5.26 Å². The molecule has 0 spiro atoms. The van der Waals surface area contributed by atoms with Gasteiger partial charge in [0, 0.05) is 0 Å². The van der Waals surface area contributed by atoms with E-state index in [2.05, 4.69) is 13.8 Å². The first kappa shape index (κ1) is 11.0. The Morgan fingerprint density at radius 2 is 1.93 bits per heavy atom. The van der Waals surface area contributed by atoms with E-state index in [0.717, 1.165) is 19.3 Å². The van der Waals surface area contributed by atoms with E-state index in [9.17, 15) is 4.79 Å². The highest BCUT2D eigenvalue weighted by atomic mass is 16.4. The largest absolute Gasteiger partial charge is 0.480 e. The van der Waals surface area contributed by atoms with Crippen LogP contribution in [0.2, 0.25) is 0 Å². The second-order valence-electron chi connectivity index (χ2n) is 5.02. The number of hydrogen-bond donors (Lipinski definition) is 1. The zero-order chi connectivity index (χ0) is 10.8. The van der Waals surface area contributed by atoms with Crippen molar-refractivity contribution in [2.75, 3.05) is 0 Å². The molecule has 1 aliphatic carbocycles. The number of carbonyl (C=O) groups is 1. The summed E-state index contributed by atoms with van der Waals surface area (Å²) in [5.41, 5.74) is -0.929. The number of carboxylic acid groups (broad SMARTS) is 1. The normalized spacial score (nSPS) is 31.5. The molecule has 0 aromatic heterocycles. The highest BCUT2D eigenvalue weighted by Crippen LogP contribution is 2.42. The number of aliphatic carboxylic acids is 1. The molecule has 0 bridgehead atoms. The number of nitrogens with zero attached hydrogens (tertiary/aromatic N) is 1. The average molecular weight is 195 g/mol. The molecular formula is C11H17NO2. The van der Waals surface area contributed by atoms with Gasteiger partial charge >= 0.3 is 5.97 Å². The fourth-order valence-corrected chi connectivity index (χ4v) is 2.04. The number of carboxylic acids is 1. The monoisotopic (exact) mass is 195 g/mol. The molecule has 0 aromatic carbocycles. The molecule has 0 radical (unpaired) electrons. The number of hydrogen-bond acceptors (Lipinski definition) is 2. The van der Waals surface area contributed by atoms with Crippen molar-refractivity contribution in [1.82, 2.24) is 0 Å². The van der Waals surface area contributed by atoms with Gasteiger partial charge in [-0.05, 0) is 31.1 Å². The maximum absolute atomic E-state index is 11.0. The first-order chi connectivity index (χ1) is 6.42. The minimum Gasteiger partial charge on any atom is -0.480 e. The lowest BCUT2D eigenvalue weighted by atomic mass is 9.80. The van der Waals surface area contributed by atoms with Crippen molar-refractivity contribution in [3.8, 4) is 6.07 Å². The zero-order valence-corrected chi connectivity index (χ0v) is 8.84. The van der Waals surface area contributed by atoms with Crippen LogP contribution in [0, 0.1) is 22.2 Å². The Labute approximate surface area is 84.7 Å². The van der Waals surface area contributed by atoms with Gasteiger partial charge < -0.3 is 5.11 Å². The van der Waals surface area contributed by atoms with Crippen LogP contribution in [0.25, 0.3) is 0 Å². The van der Waals surface area contributed by atoms with E-state index in [1.54, 1.807) is 0 Å². The highest BCUT2D eigenvalue weighted by molar-refractivity contribution is 5.77. The maximum atomic E-state index is 11.0. The fraction of sp³-hybridized carbons (Fsp3) is 0.818. The van der Waals surface area contributed by atoms with Gasteiger partial charge in [-0.3, -0.25) is 4.79 Å². The molecule has 0 saturated heterocycles. The third-order valence-electron chi connectivity index (χ3n) is 3.31. The van der Waals surface area contributed by atoms with Crippen LogP contribution in [-0.4, -0.2) is 11.1 Å². The van der Waals surface area contributed by atoms with Gasteiger partial charge in [-0.25, -0.2) is 0 Å². The van der Waals surface area contributed by atoms with Crippen LogP contribution in [0.4, 0.5) is 0 Å². The van der Waals surface area contributed by atoms with Crippen molar-refractivity contribution in [3.05, 3.63) is 0 Å². The van der Waals surface area contributed by atoms with Gasteiger partial charge in [0.15, 0.2) is 5.41 Å². The molecule has 0 aromatic rings. The van der Waals surface area contributed by atoms with E-state index in [4.69, 9.17) is 10.4 Å². The van der Waals surface area contributed by atoms with E-state index in [1.165, 1.54) is 0 Å². The summed E-state index contributed by atoms with van der Waals surface area (Å²) in [6.07, 6.45) is 3.68. The summed E-state index contributed by atoms with van der Waals surface area (Å²) in [6, 6.07) is 2.00. The summed E-state index contributed by atoms with van der Waals surface area (Å²) in [6.45, 7) is 4.28. The van der Waals surface area contributed by atoms with E-state index < -0.39 is 11.4 Å². The van der Waals surface area contributed by atoms with Gasteiger partial charge in [0.25, 0.3) is 0 Å². The second kappa shape index (κ2) is 3.61. The number of nitriles is 1. The third-order valence-corrected chi connectivity index (χ3v) is 3.31. The van der Waals surface area contributed by atoms with Gasteiger partial charge in [-0.1, -0.05) is 20.3 Å². The molecular weight excluding hydrogens is 178 g/mol. The quantitative estimate of drug-likeness (QED) is 0.654. The Hall–Kier alpha value is -1.04. The van der Waals surface area contributed by atoms with Crippen LogP contribution in [0.5, 0.6) is 0 Å².